The van der Waals surface area contributed by atoms with Crippen LogP contribution < -0.4 is 5.32 Å². The highest BCUT2D eigenvalue weighted by atomic mass is 32.1. The molecule has 2 nitrogen and oxygen atoms in total. The largest absolute Gasteiger partial charge is 0.390 e. The molecule has 0 atom stereocenters. The Bertz CT molecular complexity index is 282. The standard InChI is InChI=1S/C8H11F3N2S/c1-6-13-5-7(14-6)4-12-3-2-8(9,10)11/h5,12H,2-4H2,1H3. The lowest BCUT2D eigenvalue weighted by Gasteiger charge is -2.06. The van der Waals surface area contributed by atoms with Gasteiger partial charge in [-0.1, -0.05) is 0 Å². The monoisotopic (exact) mass is 224 g/mol. The van der Waals surface area contributed by atoms with Crippen molar-refractivity contribution in [2.75, 3.05) is 6.54 Å². The van der Waals surface area contributed by atoms with Crippen molar-refractivity contribution < 1.29 is 13.2 Å². The Kier molecular flexibility index (Phi) is 3.88. The van der Waals surface area contributed by atoms with Crippen LogP contribution in [-0.2, 0) is 6.54 Å². The Balaban J connectivity index is 2.16. The van der Waals surface area contributed by atoms with Crippen LogP contribution in [0.15, 0.2) is 6.20 Å². The van der Waals surface area contributed by atoms with Gasteiger partial charge < -0.3 is 5.32 Å². The molecular formula is C8H11F3N2S. The normalized spacial score (nSPS) is 12.0. The average molecular weight is 224 g/mol. The molecule has 0 aliphatic carbocycles. The highest BCUT2D eigenvalue weighted by Crippen LogP contribution is 2.18. The molecule has 14 heavy (non-hydrogen) atoms. The van der Waals surface area contributed by atoms with Crippen LogP contribution in [0.1, 0.15) is 16.3 Å². The van der Waals surface area contributed by atoms with Crippen LogP contribution in [0, 0.1) is 6.92 Å². The minimum atomic E-state index is -4.07. The predicted octanol–water partition coefficient (Wildman–Crippen LogP) is 2.49. The summed E-state index contributed by atoms with van der Waals surface area (Å²) in [5, 5.41) is 3.65. The molecule has 0 amide bonds. The molecule has 6 heteroatoms. The van der Waals surface area contributed by atoms with Crippen molar-refractivity contribution >= 4 is 11.3 Å². The maximum absolute atomic E-state index is 11.7. The summed E-state index contributed by atoms with van der Waals surface area (Å²) in [7, 11) is 0. The second-order valence-electron chi connectivity index (χ2n) is 2.89. The first kappa shape index (κ1) is 11.5. The van der Waals surface area contributed by atoms with Gasteiger partial charge in [0.25, 0.3) is 0 Å². The molecule has 80 valence electrons. The van der Waals surface area contributed by atoms with Gasteiger partial charge in [0.1, 0.15) is 0 Å². The van der Waals surface area contributed by atoms with Gasteiger partial charge in [0, 0.05) is 24.2 Å². The van der Waals surface area contributed by atoms with Crippen LogP contribution in [0.5, 0.6) is 0 Å². The van der Waals surface area contributed by atoms with Gasteiger partial charge in [-0.15, -0.1) is 11.3 Å². The van der Waals surface area contributed by atoms with Crippen molar-refractivity contribution in [1.82, 2.24) is 10.3 Å². The van der Waals surface area contributed by atoms with Crippen molar-refractivity contribution in [2.45, 2.75) is 26.1 Å². The van der Waals surface area contributed by atoms with Gasteiger partial charge in [-0.05, 0) is 6.92 Å². The number of nitrogens with zero attached hydrogens (tertiary/aromatic N) is 1. The third-order valence-corrected chi connectivity index (χ3v) is 2.47. The van der Waals surface area contributed by atoms with Crippen LogP contribution >= 0.6 is 11.3 Å². The van der Waals surface area contributed by atoms with Crippen molar-refractivity contribution in [3.8, 4) is 0 Å². The van der Waals surface area contributed by atoms with E-state index in [0.717, 1.165) is 9.88 Å². The summed E-state index contributed by atoms with van der Waals surface area (Å²) in [6.45, 7) is 2.28. The minimum absolute atomic E-state index is 0.0412. The van der Waals surface area contributed by atoms with E-state index in [9.17, 15) is 13.2 Å². The molecule has 0 aliphatic rings. The Hall–Kier alpha value is -0.620. The van der Waals surface area contributed by atoms with Gasteiger partial charge in [-0.2, -0.15) is 13.2 Å². The number of alkyl halides is 3. The Morgan fingerprint density at radius 3 is 2.71 bits per heavy atom. The summed E-state index contributed by atoms with van der Waals surface area (Å²) >= 11 is 1.49. The van der Waals surface area contributed by atoms with E-state index in [-0.39, 0.29) is 6.54 Å². The molecule has 1 heterocycles. The molecule has 0 radical (unpaired) electrons. The zero-order valence-electron chi connectivity index (χ0n) is 7.69. The van der Waals surface area contributed by atoms with Crippen LogP contribution in [0.3, 0.4) is 0 Å². The molecule has 0 bridgehead atoms. The van der Waals surface area contributed by atoms with E-state index in [1.54, 1.807) is 6.20 Å². The summed E-state index contributed by atoms with van der Waals surface area (Å²) in [4.78, 5) is 4.96. The first-order valence-electron chi connectivity index (χ1n) is 4.16. The van der Waals surface area contributed by atoms with Gasteiger partial charge in [0.05, 0.1) is 11.4 Å². The summed E-state index contributed by atoms with van der Waals surface area (Å²) in [6.07, 6.45) is -3.18. The molecule has 1 N–H and O–H groups in total. The van der Waals surface area contributed by atoms with Gasteiger partial charge in [0.15, 0.2) is 0 Å². The number of hydrogen-bond acceptors (Lipinski definition) is 3. The third-order valence-electron chi connectivity index (χ3n) is 1.55. The lowest BCUT2D eigenvalue weighted by molar-refractivity contribution is -0.133. The molecule has 0 aliphatic heterocycles. The van der Waals surface area contributed by atoms with E-state index in [4.69, 9.17) is 0 Å². The van der Waals surface area contributed by atoms with Crippen LogP contribution in [0.25, 0.3) is 0 Å². The predicted molar refractivity (Wildman–Crippen MR) is 49.2 cm³/mol. The zero-order valence-corrected chi connectivity index (χ0v) is 8.50. The van der Waals surface area contributed by atoms with Crippen molar-refractivity contribution in [1.29, 1.82) is 0 Å². The number of nitrogens with one attached hydrogen (secondary N) is 1. The summed E-state index contributed by atoms with van der Waals surface area (Å²) in [5.74, 6) is 0. The van der Waals surface area contributed by atoms with Crippen molar-refractivity contribution in [3.63, 3.8) is 0 Å². The van der Waals surface area contributed by atoms with Crippen LogP contribution in [0.4, 0.5) is 13.2 Å². The van der Waals surface area contributed by atoms with Crippen molar-refractivity contribution in [3.05, 3.63) is 16.1 Å². The molecule has 0 aromatic carbocycles. The highest BCUT2D eigenvalue weighted by molar-refractivity contribution is 7.11. The number of aryl methyl sites for hydroxylation is 1. The lowest BCUT2D eigenvalue weighted by Crippen LogP contribution is -2.20. The number of halogens is 3. The fourth-order valence-electron chi connectivity index (χ4n) is 0.929. The van der Waals surface area contributed by atoms with Gasteiger partial charge in [-0.25, -0.2) is 4.98 Å². The number of thiazole rings is 1. The van der Waals surface area contributed by atoms with E-state index in [1.807, 2.05) is 6.92 Å². The minimum Gasteiger partial charge on any atom is -0.311 e. The first-order chi connectivity index (χ1) is 6.47. The topological polar surface area (TPSA) is 24.9 Å². The molecule has 1 rings (SSSR count). The fraction of sp³-hybridized carbons (Fsp3) is 0.625. The van der Waals surface area contributed by atoms with Gasteiger partial charge in [-0.3, -0.25) is 0 Å². The number of aromatic nitrogens is 1. The Morgan fingerprint density at radius 2 is 2.21 bits per heavy atom. The second kappa shape index (κ2) is 4.75. The van der Waals surface area contributed by atoms with E-state index in [0.29, 0.717) is 6.54 Å². The lowest BCUT2D eigenvalue weighted by atomic mass is 10.4. The van der Waals surface area contributed by atoms with E-state index in [1.165, 1.54) is 11.3 Å². The quantitative estimate of drug-likeness (QED) is 0.795. The Morgan fingerprint density at radius 1 is 1.50 bits per heavy atom. The Labute approximate surface area is 84.2 Å². The molecule has 0 spiro atoms. The van der Waals surface area contributed by atoms with Crippen LogP contribution in [-0.4, -0.2) is 17.7 Å². The summed E-state index contributed by atoms with van der Waals surface area (Å²) in [5.41, 5.74) is 0. The summed E-state index contributed by atoms with van der Waals surface area (Å²) in [6, 6.07) is 0. The smallest absolute Gasteiger partial charge is 0.311 e. The van der Waals surface area contributed by atoms with Gasteiger partial charge in [0.2, 0.25) is 0 Å². The van der Waals surface area contributed by atoms with Crippen LogP contribution in [0.2, 0.25) is 0 Å². The van der Waals surface area contributed by atoms with Gasteiger partial charge >= 0.3 is 6.18 Å². The third kappa shape index (κ3) is 4.57. The second-order valence-corrected chi connectivity index (χ2v) is 4.21. The molecular weight excluding hydrogens is 213 g/mol. The zero-order chi connectivity index (χ0) is 10.6. The maximum atomic E-state index is 11.7. The fourth-order valence-corrected chi connectivity index (χ4v) is 1.69. The summed E-state index contributed by atoms with van der Waals surface area (Å²) < 4.78 is 35.2. The SMILES string of the molecule is Cc1ncc(CNCCC(F)(F)F)s1. The first-order valence-corrected chi connectivity index (χ1v) is 4.98. The molecule has 0 saturated carbocycles. The molecule has 0 fully saturated rings. The number of hydrogen-bond donors (Lipinski definition) is 1. The molecule has 1 aromatic rings. The van der Waals surface area contributed by atoms with Crippen molar-refractivity contribution in [2.24, 2.45) is 0 Å². The molecule has 1 aromatic heterocycles. The van der Waals surface area contributed by atoms with E-state index in [2.05, 4.69) is 10.3 Å². The number of rotatable bonds is 4. The molecule has 0 saturated heterocycles. The molecule has 0 unspecified atom stereocenters. The maximum Gasteiger partial charge on any atom is 0.390 e. The van der Waals surface area contributed by atoms with E-state index < -0.39 is 12.6 Å². The average Bonchev–Trinajstić information content (AvgIpc) is 2.44. The van der Waals surface area contributed by atoms with E-state index >= 15 is 0 Å². The highest BCUT2D eigenvalue weighted by Gasteiger charge is 2.25.